The summed E-state index contributed by atoms with van der Waals surface area (Å²) in [6.07, 6.45) is 1.41. The maximum atomic E-state index is 12.7. The van der Waals surface area contributed by atoms with E-state index in [-0.39, 0.29) is 24.8 Å². The number of carbonyl (C=O) groups excluding carboxylic acids is 1. The fourth-order valence-corrected chi connectivity index (χ4v) is 9.36. The normalized spacial score (nSPS) is 13.4. The zero-order chi connectivity index (χ0) is 27.7. The zero-order valence-electron chi connectivity index (χ0n) is 22.6. The third-order valence-electron chi connectivity index (χ3n) is 6.69. The van der Waals surface area contributed by atoms with Gasteiger partial charge in [0.25, 0.3) is 8.32 Å². The molecule has 0 aliphatic heterocycles. The monoisotopic (exact) mass is 544 g/mol. The molecule has 0 aliphatic carbocycles. The number of aromatic nitrogens is 3. The van der Waals surface area contributed by atoms with Gasteiger partial charge in [-0.25, -0.2) is 4.79 Å². The fourth-order valence-electron chi connectivity index (χ4n) is 4.78. The van der Waals surface area contributed by atoms with E-state index in [9.17, 15) is 9.90 Å². The van der Waals surface area contributed by atoms with Gasteiger partial charge in [-0.1, -0.05) is 112 Å². The maximum absolute atomic E-state index is 12.7. The standard InChI is InChI=1S/C30H36N4O4Si/c1-30(2,3)39(25-15-9-5-10-16-25,26-17-11-6-12-18-26)38-23-28(35)27(21-34-31-19-20-32-34)33-29(36)37-22-24-13-7-4-8-14-24/h4-20,27-28,35H,21-23H2,1-3H3,(H,33,36)/t27-,28-/m1/s1. The number of hydrogen-bond donors (Lipinski definition) is 2. The molecule has 8 nitrogen and oxygen atoms in total. The fraction of sp³-hybridized carbons (Fsp3) is 0.300. The summed E-state index contributed by atoms with van der Waals surface area (Å²) in [7, 11) is -2.88. The van der Waals surface area contributed by atoms with Crippen molar-refractivity contribution < 1.29 is 19.1 Å². The first kappa shape index (κ1) is 28.2. The first-order valence-corrected chi connectivity index (χ1v) is 14.9. The second-order valence-electron chi connectivity index (χ2n) is 10.4. The molecule has 1 heterocycles. The van der Waals surface area contributed by atoms with E-state index in [2.05, 4.69) is 60.6 Å². The third kappa shape index (κ3) is 7.00. The van der Waals surface area contributed by atoms with Crippen LogP contribution in [0.1, 0.15) is 26.3 Å². The minimum atomic E-state index is -2.88. The number of benzene rings is 3. The molecule has 3 aromatic carbocycles. The van der Waals surface area contributed by atoms with Crippen LogP contribution in [0, 0.1) is 0 Å². The summed E-state index contributed by atoms with van der Waals surface area (Å²) >= 11 is 0. The van der Waals surface area contributed by atoms with Crippen molar-refractivity contribution in [2.24, 2.45) is 0 Å². The highest BCUT2D eigenvalue weighted by molar-refractivity contribution is 6.99. The van der Waals surface area contributed by atoms with E-state index in [1.807, 2.05) is 66.7 Å². The van der Waals surface area contributed by atoms with E-state index in [1.165, 1.54) is 4.80 Å². The van der Waals surface area contributed by atoms with Gasteiger partial charge in [-0.15, -0.1) is 0 Å². The van der Waals surface area contributed by atoms with Crippen molar-refractivity contribution >= 4 is 24.8 Å². The molecule has 4 rings (SSSR count). The van der Waals surface area contributed by atoms with Crippen LogP contribution in [0.3, 0.4) is 0 Å². The molecule has 4 aromatic rings. The summed E-state index contributed by atoms with van der Waals surface area (Å²) < 4.78 is 12.3. The molecule has 39 heavy (non-hydrogen) atoms. The average Bonchev–Trinajstić information content (AvgIpc) is 3.46. The van der Waals surface area contributed by atoms with E-state index in [4.69, 9.17) is 9.16 Å². The number of carbonyl (C=O) groups is 1. The van der Waals surface area contributed by atoms with Gasteiger partial charge in [0.2, 0.25) is 0 Å². The van der Waals surface area contributed by atoms with Crippen LogP contribution in [-0.2, 0) is 22.3 Å². The molecule has 0 aliphatic rings. The van der Waals surface area contributed by atoms with Gasteiger partial charge in [-0.2, -0.15) is 15.0 Å². The van der Waals surface area contributed by atoms with Gasteiger partial charge in [0.1, 0.15) is 6.61 Å². The molecule has 2 atom stereocenters. The lowest BCUT2D eigenvalue weighted by Crippen LogP contribution is -2.67. The summed E-state index contributed by atoms with van der Waals surface area (Å²) in [5.74, 6) is 0. The molecule has 204 valence electrons. The summed E-state index contributed by atoms with van der Waals surface area (Å²) in [5, 5.41) is 24.5. The van der Waals surface area contributed by atoms with Crippen LogP contribution in [0.4, 0.5) is 4.79 Å². The molecule has 2 N–H and O–H groups in total. The molecule has 0 saturated heterocycles. The number of rotatable bonds is 11. The summed E-state index contributed by atoms with van der Waals surface area (Å²) in [6.45, 7) is 6.80. The molecule has 0 saturated carbocycles. The van der Waals surface area contributed by atoms with Crippen LogP contribution >= 0.6 is 0 Å². The lowest BCUT2D eigenvalue weighted by Gasteiger charge is -2.43. The van der Waals surface area contributed by atoms with Gasteiger partial charge in [0, 0.05) is 0 Å². The van der Waals surface area contributed by atoms with Crippen molar-refractivity contribution in [1.82, 2.24) is 20.3 Å². The molecule has 0 unspecified atom stereocenters. The van der Waals surface area contributed by atoms with E-state index in [0.717, 1.165) is 15.9 Å². The van der Waals surface area contributed by atoms with Gasteiger partial charge < -0.3 is 19.6 Å². The first-order chi connectivity index (χ1) is 18.8. The molecule has 0 bridgehead atoms. The number of aliphatic hydroxyl groups excluding tert-OH is 1. The van der Waals surface area contributed by atoms with Gasteiger partial charge in [-0.05, 0) is 21.0 Å². The molecule has 9 heteroatoms. The first-order valence-electron chi connectivity index (χ1n) is 13.0. The third-order valence-corrected chi connectivity index (χ3v) is 11.7. The van der Waals surface area contributed by atoms with Crippen molar-refractivity contribution in [1.29, 1.82) is 0 Å². The number of hydrogen-bond acceptors (Lipinski definition) is 6. The molecule has 0 spiro atoms. The molecule has 0 radical (unpaired) electrons. The number of ether oxygens (including phenoxy) is 1. The van der Waals surface area contributed by atoms with Crippen molar-refractivity contribution in [3.05, 3.63) is 109 Å². The van der Waals surface area contributed by atoms with E-state index < -0.39 is 26.6 Å². The minimum absolute atomic E-state index is 0.00180. The smallest absolute Gasteiger partial charge is 0.407 e. The second kappa shape index (κ2) is 12.8. The Balaban J connectivity index is 1.56. The van der Waals surface area contributed by atoms with Crippen LogP contribution in [0.2, 0.25) is 5.04 Å². The van der Waals surface area contributed by atoms with Gasteiger partial charge >= 0.3 is 6.09 Å². The Kier molecular flexibility index (Phi) is 9.29. The molecule has 1 aromatic heterocycles. The van der Waals surface area contributed by atoms with Crippen molar-refractivity contribution in [3.63, 3.8) is 0 Å². The largest absolute Gasteiger partial charge is 0.445 e. The Morgan fingerprint density at radius 3 is 1.92 bits per heavy atom. The molecular formula is C30H36N4O4Si. The highest BCUT2D eigenvalue weighted by Crippen LogP contribution is 2.36. The van der Waals surface area contributed by atoms with E-state index >= 15 is 0 Å². The van der Waals surface area contributed by atoms with Gasteiger partial charge in [-0.3, -0.25) is 0 Å². The SMILES string of the molecule is CC(C)(C)[Si](OC[C@@H](O)[C@@H](Cn1nccn1)NC(=O)OCc1ccccc1)(c1ccccc1)c1ccccc1. The number of nitrogens with one attached hydrogen (secondary N) is 1. The van der Waals surface area contributed by atoms with Crippen LogP contribution in [0.15, 0.2) is 103 Å². The zero-order valence-corrected chi connectivity index (χ0v) is 23.6. The second-order valence-corrected chi connectivity index (χ2v) is 14.7. The van der Waals surface area contributed by atoms with Crippen LogP contribution in [0.25, 0.3) is 0 Å². The Hall–Kier alpha value is -3.79. The van der Waals surface area contributed by atoms with Crippen molar-refractivity contribution in [3.8, 4) is 0 Å². The number of nitrogens with zero attached hydrogens (tertiary/aromatic N) is 3. The predicted octanol–water partition coefficient (Wildman–Crippen LogP) is 3.51. The number of alkyl carbamates (subject to hydrolysis) is 1. The Labute approximate surface area is 230 Å². The highest BCUT2D eigenvalue weighted by Gasteiger charge is 2.50. The predicted molar refractivity (Wildman–Crippen MR) is 153 cm³/mol. The lowest BCUT2D eigenvalue weighted by molar-refractivity contribution is 0.0550. The van der Waals surface area contributed by atoms with Crippen molar-refractivity contribution in [2.75, 3.05) is 6.61 Å². The van der Waals surface area contributed by atoms with E-state index in [1.54, 1.807) is 12.4 Å². The summed E-state index contributed by atoms with van der Waals surface area (Å²) in [6, 6.07) is 29.1. The van der Waals surface area contributed by atoms with Crippen molar-refractivity contribution in [2.45, 2.75) is 51.1 Å². The molecular weight excluding hydrogens is 508 g/mol. The molecule has 0 fully saturated rings. The topological polar surface area (TPSA) is 98.5 Å². The molecule has 1 amide bonds. The summed E-state index contributed by atoms with van der Waals surface area (Å²) in [4.78, 5) is 14.2. The summed E-state index contributed by atoms with van der Waals surface area (Å²) in [5.41, 5.74) is 0.869. The van der Waals surface area contributed by atoms with Gasteiger partial charge in [0.15, 0.2) is 0 Å². The lowest BCUT2D eigenvalue weighted by atomic mass is 10.2. The quantitative estimate of drug-likeness (QED) is 0.281. The Morgan fingerprint density at radius 2 is 1.41 bits per heavy atom. The van der Waals surface area contributed by atoms with Crippen LogP contribution < -0.4 is 15.7 Å². The Morgan fingerprint density at radius 1 is 0.897 bits per heavy atom. The highest BCUT2D eigenvalue weighted by atomic mass is 28.4. The van der Waals surface area contributed by atoms with E-state index in [0.29, 0.717) is 0 Å². The van der Waals surface area contributed by atoms with Gasteiger partial charge in [0.05, 0.1) is 37.7 Å². The Bertz CT molecular complexity index is 1240. The number of amides is 1. The number of aliphatic hydroxyl groups is 1. The van der Waals surface area contributed by atoms with Crippen LogP contribution in [-0.4, -0.2) is 53.3 Å². The minimum Gasteiger partial charge on any atom is -0.445 e. The average molecular weight is 545 g/mol. The van der Waals surface area contributed by atoms with Crippen LogP contribution in [0.5, 0.6) is 0 Å². The maximum Gasteiger partial charge on any atom is 0.407 e.